The molecule has 1 amide bonds. The summed E-state index contributed by atoms with van der Waals surface area (Å²) in [6.45, 7) is 4.26. The maximum absolute atomic E-state index is 14.9. The van der Waals surface area contributed by atoms with Crippen LogP contribution in [-0.2, 0) is 4.79 Å². The van der Waals surface area contributed by atoms with Crippen LogP contribution in [0.5, 0.6) is 0 Å². The molecule has 3 unspecified atom stereocenters. The van der Waals surface area contributed by atoms with E-state index in [4.69, 9.17) is 16.6 Å². The van der Waals surface area contributed by atoms with Crippen molar-refractivity contribution in [1.29, 1.82) is 10.8 Å². The number of rotatable bonds is 10. The van der Waals surface area contributed by atoms with E-state index in [0.717, 1.165) is 31.2 Å². The van der Waals surface area contributed by atoms with E-state index in [-0.39, 0.29) is 40.4 Å². The highest BCUT2D eigenvalue weighted by atomic mass is 19.1. The van der Waals surface area contributed by atoms with Gasteiger partial charge in [-0.15, -0.1) is 0 Å². The predicted octanol–water partition coefficient (Wildman–Crippen LogP) is 3.64. The molecule has 2 aliphatic carbocycles. The normalized spacial score (nSPS) is 24.7. The number of nitrogens with zero attached hydrogens (tertiary/aromatic N) is 1. The second kappa shape index (κ2) is 10.2. The van der Waals surface area contributed by atoms with Crippen LogP contribution in [0, 0.1) is 34.5 Å². The number of hydrogen-bond acceptors (Lipinski definition) is 7. The molecule has 8 nitrogen and oxygen atoms in total. The molecule has 192 valence electrons. The molecule has 2 saturated carbocycles. The van der Waals surface area contributed by atoms with E-state index in [1.165, 1.54) is 24.6 Å². The SMILES string of the molecule is CC(=N)/C(=C(/C)N)c1ccc(NC(=O)[C@H]2NC(/C(=C/C=N)NC(C)CF)=C3CC3C2C2CC2)nc1F. The maximum Gasteiger partial charge on any atom is 0.248 e. The zero-order chi connectivity index (χ0) is 26.1. The fourth-order valence-electron chi connectivity index (χ4n) is 5.18. The molecule has 0 bridgehead atoms. The van der Waals surface area contributed by atoms with Crippen LogP contribution in [0.2, 0.25) is 0 Å². The monoisotopic (exact) mass is 497 g/mol. The van der Waals surface area contributed by atoms with Gasteiger partial charge in [0.05, 0.1) is 17.4 Å². The summed E-state index contributed by atoms with van der Waals surface area (Å²) >= 11 is 0. The number of anilines is 1. The van der Waals surface area contributed by atoms with E-state index < -0.39 is 24.7 Å². The lowest BCUT2D eigenvalue weighted by atomic mass is 9.85. The minimum atomic E-state index is -0.819. The van der Waals surface area contributed by atoms with Gasteiger partial charge in [0.1, 0.15) is 18.5 Å². The van der Waals surface area contributed by atoms with Crippen LogP contribution >= 0.6 is 0 Å². The maximum atomic E-state index is 14.9. The number of amides is 1. The Morgan fingerprint density at radius 3 is 2.64 bits per heavy atom. The number of pyridine rings is 1. The van der Waals surface area contributed by atoms with E-state index in [2.05, 4.69) is 20.9 Å². The quantitative estimate of drug-likeness (QED) is 0.216. The summed E-state index contributed by atoms with van der Waals surface area (Å²) in [6, 6.07) is 1.95. The fraction of sp³-hybridized carbons (Fsp3) is 0.462. The molecule has 0 spiro atoms. The number of aromatic nitrogens is 1. The smallest absolute Gasteiger partial charge is 0.248 e. The van der Waals surface area contributed by atoms with Crippen LogP contribution in [-0.4, -0.2) is 41.6 Å². The summed E-state index contributed by atoms with van der Waals surface area (Å²) in [5.41, 5.74) is 9.17. The van der Waals surface area contributed by atoms with Crippen molar-refractivity contribution in [1.82, 2.24) is 15.6 Å². The highest BCUT2D eigenvalue weighted by Crippen LogP contribution is 2.57. The summed E-state index contributed by atoms with van der Waals surface area (Å²) in [5, 5.41) is 24.6. The van der Waals surface area contributed by atoms with Gasteiger partial charge < -0.3 is 32.5 Å². The highest BCUT2D eigenvalue weighted by Gasteiger charge is 2.55. The lowest BCUT2D eigenvalue weighted by molar-refractivity contribution is -0.119. The van der Waals surface area contributed by atoms with Crippen molar-refractivity contribution in [2.75, 3.05) is 12.0 Å². The summed E-state index contributed by atoms with van der Waals surface area (Å²) in [4.78, 5) is 17.4. The number of carbonyl (C=O) groups excluding carboxylic acids is 1. The molecule has 4 atom stereocenters. The first-order valence-corrected chi connectivity index (χ1v) is 12.2. The topological polar surface area (TPSA) is 140 Å². The first-order valence-electron chi connectivity index (χ1n) is 12.2. The molecule has 0 aromatic carbocycles. The van der Waals surface area contributed by atoms with E-state index in [1.54, 1.807) is 19.9 Å². The Kier molecular flexibility index (Phi) is 7.23. The molecule has 36 heavy (non-hydrogen) atoms. The van der Waals surface area contributed by atoms with Gasteiger partial charge in [0.25, 0.3) is 0 Å². The number of halogens is 2. The van der Waals surface area contributed by atoms with Crippen LogP contribution < -0.4 is 21.7 Å². The van der Waals surface area contributed by atoms with Gasteiger partial charge in [-0.3, -0.25) is 4.79 Å². The molecule has 2 heterocycles. The van der Waals surface area contributed by atoms with Crippen molar-refractivity contribution < 1.29 is 13.6 Å². The Bertz CT molecular complexity index is 1180. The molecule has 7 N–H and O–H groups in total. The Morgan fingerprint density at radius 1 is 1.36 bits per heavy atom. The molecule has 0 radical (unpaired) electrons. The minimum absolute atomic E-state index is 0.0702. The summed E-state index contributed by atoms with van der Waals surface area (Å²) in [6.07, 6.45) is 5.68. The van der Waals surface area contributed by atoms with E-state index in [0.29, 0.717) is 17.3 Å². The zero-order valence-electron chi connectivity index (χ0n) is 20.7. The van der Waals surface area contributed by atoms with Crippen molar-refractivity contribution >= 4 is 29.2 Å². The molecule has 1 aromatic heterocycles. The standard InChI is InChI=1S/C26H33F2N7O/c1-12(11-27)32-19(8-9-29)23-18-10-17(18)22(15-4-5-15)24(35-23)26(36)34-20-7-6-16(25(28)33-20)21(13(2)30)14(3)31/h6-9,12,15,17,22,24,29-30,32,35H,4-5,10-11,31H2,1-3H3,(H,33,34,36)/b19-8-,21-14+,29-9?,30-13?/t12?,17?,22?,24-/m0/s1. The first-order chi connectivity index (χ1) is 17.2. The fourth-order valence-corrected chi connectivity index (χ4v) is 5.18. The van der Waals surface area contributed by atoms with Gasteiger partial charge in [-0.2, -0.15) is 4.39 Å². The lowest BCUT2D eigenvalue weighted by Crippen LogP contribution is -2.50. The number of nitrogens with two attached hydrogens (primary N) is 1. The van der Waals surface area contributed by atoms with Crippen LogP contribution in [0.3, 0.4) is 0 Å². The van der Waals surface area contributed by atoms with Gasteiger partial charge in [0.2, 0.25) is 11.9 Å². The van der Waals surface area contributed by atoms with Gasteiger partial charge in [0, 0.05) is 28.8 Å². The predicted molar refractivity (Wildman–Crippen MR) is 137 cm³/mol. The largest absolute Gasteiger partial charge is 0.402 e. The minimum Gasteiger partial charge on any atom is -0.402 e. The number of alkyl halides is 1. The van der Waals surface area contributed by atoms with E-state index >= 15 is 0 Å². The molecule has 0 saturated heterocycles. The van der Waals surface area contributed by atoms with E-state index in [1.807, 2.05) is 0 Å². The molecule has 1 aromatic rings. The summed E-state index contributed by atoms with van der Waals surface area (Å²) in [5.74, 6) is -0.266. The van der Waals surface area contributed by atoms with E-state index in [9.17, 15) is 13.6 Å². The molecule has 2 fully saturated rings. The van der Waals surface area contributed by atoms with Crippen molar-refractivity contribution in [3.8, 4) is 0 Å². The average molecular weight is 498 g/mol. The number of carbonyl (C=O) groups is 1. The highest BCUT2D eigenvalue weighted by molar-refractivity contribution is 6.21. The van der Waals surface area contributed by atoms with Gasteiger partial charge in [0.15, 0.2) is 0 Å². The summed E-state index contributed by atoms with van der Waals surface area (Å²) < 4.78 is 28.0. The van der Waals surface area contributed by atoms with Gasteiger partial charge in [-0.25, -0.2) is 9.37 Å². The molecule has 4 rings (SSSR count). The van der Waals surface area contributed by atoms with Crippen molar-refractivity contribution in [3.05, 3.63) is 52.4 Å². The number of nitrogens with one attached hydrogen (secondary N) is 5. The summed E-state index contributed by atoms with van der Waals surface area (Å²) in [7, 11) is 0. The molecule has 3 aliphatic rings. The molecular weight excluding hydrogens is 464 g/mol. The molecule has 1 aliphatic heterocycles. The Hall–Kier alpha value is -3.56. The van der Waals surface area contributed by atoms with Gasteiger partial charge >= 0.3 is 0 Å². The number of fused-ring (bicyclic) bond motifs is 1. The first kappa shape index (κ1) is 25.5. The number of allylic oxidation sites excluding steroid dienone is 4. The average Bonchev–Trinajstić information content (AvgIpc) is 3.73. The molecule has 10 heteroatoms. The van der Waals surface area contributed by atoms with Crippen LogP contribution in [0.4, 0.5) is 14.6 Å². The lowest BCUT2D eigenvalue weighted by Gasteiger charge is -2.33. The third-order valence-electron chi connectivity index (χ3n) is 6.94. The van der Waals surface area contributed by atoms with Crippen molar-refractivity contribution in [3.63, 3.8) is 0 Å². The number of hydrogen-bond donors (Lipinski definition) is 6. The zero-order valence-corrected chi connectivity index (χ0v) is 20.7. The second-order valence-electron chi connectivity index (χ2n) is 9.90. The van der Waals surface area contributed by atoms with Gasteiger partial charge in [-0.05, 0) is 81.6 Å². The van der Waals surface area contributed by atoms with Crippen LogP contribution in [0.1, 0.15) is 45.6 Å². The third kappa shape index (κ3) is 5.17. The third-order valence-corrected chi connectivity index (χ3v) is 6.94. The molecular formula is C26H33F2N7O. The second-order valence-corrected chi connectivity index (χ2v) is 9.90. The van der Waals surface area contributed by atoms with Crippen LogP contribution in [0.15, 0.2) is 40.9 Å². The Labute approximate surface area is 209 Å². The Balaban J connectivity index is 1.58. The van der Waals surface area contributed by atoms with Crippen molar-refractivity contribution in [2.45, 2.75) is 52.1 Å². The van der Waals surface area contributed by atoms with Gasteiger partial charge in [-0.1, -0.05) is 0 Å². The van der Waals surface area contributed by atoms with Crippen molar-refractivity contribution in [2.24, 2.45) is 23.5 Å². The Morgan fingerprint density at radius 2 is 2.08 bits per heavy atom. The van der Waals surface area contributed by atoms with Crippen LogP contribution in [0.25, 0.3) is 5.57 Å².